The summed E-state index contributed by atoms with van der Waals surface area (Å²) in [5.41, 5.74) is 6.22. The van der Waals surface area contributed by atoms with Gasteiger partial charge < -0.3 is 15.8 Å². The fraction of sp³-hybridized carbons (Fsp3) is 0.316. The molecule has 0 aromatic heterocycles. The molecular formula is C19H20F2N2O2. The van der Waals surface area contributed by atoms with Gasteiger partial charge >= 0.3 is 0 Å². The van der Waals surface area contributed by atoms with E-state index in [0.29, 0.717) is 25.4 Å². The van der Waals surface area contributed by atoms with Gasteiger partial charge in [-0.15, -0.1) is 0 Å². The molecule has 1 heterocycles. The molecule has 6 heteroatoms. The minimum atomic E-state index is -0.816. The summed E-state index contributed by atoms with van der Waals surface area (Å²) in [5, 5.41) is 3.17. The lowest BCUT2D eigenvalue weighted by atomic mass is 9.74. The predicted molar refractivity (Wildman–Crippen MR) is 91.5 cm³/mol. The average Bonchev–Trinajstić information content (AvgIpc) is 2.61. The summed E-state index contributed by atoms with van der Waals surface area (Å²) in [6.45, 7) is 1.64. The maximum Gasteiger partial charge on any atom is 0.253 e. The number of nitrogens with two attached hydrogens (primary N) is 1. The highest BCUT2D eigenvalue weighted by Gasteiger charge is 2.34. The molecule has 3 N–H and O–H groups in total. The molecule has 0 spiro atoms. The van der Waals surface area contributed by atoms with Gasteiger partial charge in [0, 0.05) is 30.9 Å². The molecule has 0 bridgehead atoms. The smallest absolute Gasteiger partial charge is 0.253 e. The van der Waals surface area contributed by atoms with Crippen molar-refractivity contribution in [2.45, 2.75) is 18.3 Å². The summed E-state index contributed by atoms with van der Waals surface area (Å²) < 4.78 is 32.7. The molecule has 1 aliphatic rings. The molecule has 0 unspecified atom stereocenters. The zero-order valence-corrected chi connectivity index (χ0v) is 13.7. The lowest BCUT2D eigenvalue weighted by Gasteiger charge is -2.38. The third kappa shape index (κ3) is 3.64. The number of hydrogen-bond donors (Lipinski definition) is 2. The Kier molecular flexibility index (Phi) is 4.99. The van der Waals surface area contributed by atoms with Crippen molar-refractivity contribution in [1.29, 1.82) is 0 Å². The van der Waals surface area contributed by atoms with Crippen LogP contribution < -0.4 is 11.1 Å². The number of halogens is 2. The van der Waals surface area contributed by atoms with Crippen LogP contribution in [0.25, 0.3) is 0 Å². The number of nitrogens with one attached hydrogen (secondary N) is 1. The van der Waals surface area contributed by atoms with Crippen LogP contribution in [-0.4, -0.2) is 25.7 Å². The van der Waals surface area contributed by atoms with E-state index >= 15 is 0 Å². The largest absolute Gasteiger partial charge is 0.383 e. The van der Waals surface area contributed by atoms with Crippen molar-refractivity contribution >= 4 is 11.6 Å². The minimum absolute atomic E-state index is 0.149. The summed E-state index contributed by atoms with van der Waals surface area (Å²) in [6, 6.07) is 10.8. The molecule has 2 aromatic rings. The Morgan fingerprint density at radius 3 is 2.44 bits per heavy atom. The second-order valence-electron chi connectivity index (χ2n) is 6.28. The van der Waals surface area contributed by atoms with Gasteiger partial charge in [-0.2, -0.15) is 0 Å². The normalized spacial score (nSPS) is 16.4. The number of carbonyl (C=O) groups is 1. The van der Waals surface area contributed by atoms with Crippen molar-refractivity contribution in [1.82, 2.24) is 0 Å². The monoisotopic (exact) mass is 346 g/mol. The molecule has 0 atom stereocenters. The van der Waals surface area contributed by atoms with Crippen molar-refractivity contribution in [2.75, 3.05) is 25.1 Å². The van der Waals surface area contributed by atoms with Gasteiger partial charge in [0.2, 0.25) is 0 Å². The van der Waals surface area contributed by atoms with Crippen molar-refractivity contribution in [2.24, 2.45) is 5.73 Å². The molecule has 0 aliphatic carbocycles. The maximum absolute atomic E-state index is 13.9. The van der Waals surface area contributed by atoms with Crippen LogP contribution in [0.2, 0.25) is 0 Å². The van der Waals surface area contributed by atoms with Crippen LogP contribution >= 0.6 is 0 Å². The van der Waals surface area contributed by atoms with Gasteiger partial charge in [0.05, 0.1) is 5.56 Å². The molecule has 1 aliphatic heterocycles. The predicted octanol–water partition coefficient (Wildman–Crippen LogP) is 3.22. The van der Waals surface area contributed by atoms with Crippen LogP contribution in [0.1, 0.15) is 28.8 Å². The Morgan fingerprint density at radius 1 is 1.12 bits per heavy atom. The summed E-state index contributed by atoms with van der Waals surface area (Å²) in [7, 11) is 0. The zero-order chi connectivity index (χ0) is 17.9. The van der Waals surface area contributed by atoms with Crippen LogP contribution in [-0.2, 0) is 10.2 Å². The highest BCUT2D eigenvalue weighted by molar-refractivity contribution is 5.98. The van der Waals surface area contributed by atoms with Gasteiger partial charge in [0.25, 0.3) is 5.91 Å². The number of anilines is 1. The van der Waals surface area contributed by atoms with Gasteiger partial charge in [-0.05, 0) is 42.7 Å². The van der Waals surface area contributed by atoms with E-state index in [2.05, 4.69) is 5.32 Å². The highest BCUT2D eigenvalue weighted by Crippen LogP contribution is 2.35. The van der Waals surface area contributed by atoms with Gasteiger partial charge in [0.15, 0.2) is 0 Å². The summed E-state index contributed by atoms with van der Waals surface area (Å²) >= 11 is 0. The van der Waals surface area contributed by atoms with Crippen molar-refractivity contribution in [3.05, 3.63) is 65.2 Å². The summed E-state index contributed by atoms with van der Waals surface area (Å²) in [5.74, 6) is -1.76. The van der Waals surface area contributed by atoms with Crippen LogP contribution in [0, 0.1) is 11.6 Å². The molecule has 4 nitrogen and oxygen atoms in total. The topological polar surface area (TPSA) is 64.4 Å². The molecule has 0 saturated carbocycles. The maximum atomic E-state index is 13.9. The van der Waals surface area contributed by atoms with Crippen LogP contribution in [0.15, 0.2) is 42.5 Å². The average molecular weight is 346 g/mol. The van der Waals surface area contributed by atoms with Gasteiger partial charge in [-0.3, -0.25) is 4.79 Å². The van der Waals surface area contributed by atoms with E-state index in [1.165, 1.54) is 24.3 Å². The Balaban J connectivity index is 1.89. The van der Waals surface area contributed by atoms with E-state index in [0.717, 1.165) is 18.4 Å². The number of hydrogen-bond acceptors (Lipinski definition) is 3. The fourth-order valence-electron chi connectivity index (χ4n) is 3.32. The Bertz CT molecular complexity index is 757. The SMILES string of the molecule is NC(=O)c1c(F)cccc1NCC1(c2ccc(F)cc2)CCOCC1. The lowest BCUT2D eigenvalue weighted by Crippen LogP contribution is -2.40. The molecule has 3 rings (SSSR count). The highest BCUT2D eigenvalue weighted by atomic mass is 19.1. The number of ether oxygens (including phenoxy) is 1. The Hall–Kier alpha value is -2.47. The van der Waals surface area contributed by atoms with Crippen molar-refractivity contribution in [3.63, 3.8) is 0 Å². The van der Waals surface area contributed by atoms with E-state index in [4.69, 9.17) is 10.5 Å². The van der Waals surface area contributed by atoms with Gasteiger partial charge in [-0.1, -0.05) is 18.2 Å². The van der Waals surface area contributed by atoms with Crippen LogP contribution in [0.4, 0.5) is 14.5 Å². The summed E-state index contributed by atoms with van der Waals surface area (Å²) in [6.07, 6.45) is 1.49. The first-order valence-electron chi connectivity index (χ1n) is 8.18. The van der Waals surface area contributed by atoms with E-state index in [9.17, 15) is 13.6 Å². The molecule has 1 amide bonds. The second kappa shape index (κ2) is 7.19. The third-order valence-electron chi connectivity index (χ3n) is 4.78. The number of amides is 1. The molecule has 25 heavy (non-hydrogen) atoms. The molecule has 0 radical (unpaired) electrons. The van der Waals surface area contributed by atoms with Crippen molar-refractivity contribution in [3.8, 4) is 0 Å². The van der Waals surface area contributed by atoms with E-state index < -0.39 is 11.7 Å². The van der Waals surface area contributed by atoms with E-state index in [-0.39, 0.29) is 16.8 Å². The lowest BCUT2D eigenvalue weighted by molar-refractivity contribution is 0.0543. The summed E-state index contributed by atoms with van der Waals surface area (Å²) in [4.78, 5) is 11.6. The van der Waals surface area contributed by atoms with Crippen LogP contribution in [0.5, 0.6) is 0 Å². The zero-order valence-electron chi connectivity index (χ0n) is 13.7. The second-order valence-corrected chi connectivity index (χ2v) is 6.28. The Morgan fingerprint density at radius 2 is 1.80 bits per heavy atom. The van der Waals surface area contributed by atoms with E-state index in [1.54, 1.807) is 18.2 Å². The first-order valence-corrected chi connectivity index (χ1v) is 8.18. The number of rotatable bonds is 5. The number of primary amides is 1. The third-order valence-corrected chi connectivity index (χ3v) is 4.78. The quantitative estimate of drug-likeness (QED) is 0.874. The number of benzene rings is 2. The molecule has 1 saturated heterocycles. The van der Waals surface area contributed by atoms with Crippen LogP contribution in [0.3, 0.4) is 0 Å². The van der Waals surface area contributed by atoms with Gasteiger partial charge in [0.1, 0.15) is 11.6 Å². The first kappa shape index (κ1) is 17.4. The molecule has 132 valence electrons. The molecule has 2 aromatic carbocycles. The fourth-order valence-corrected chi connectivity index (χ4v) is 3.32. The number of carbonyl (C=O) groups excluding carboxylic acids is 1. The Labute approximate surface area is 145 Å². The minimum Gasteiger partial charge on any atom is -0.383 e. The first-order chi connectivity index (χ1) is 12.0. The van der Waals surface area contributed by atoms with Crippen molar-refractivity contribution < 1.29 is 18.3 Å². The van der Waals surface area contributed by atoms with Gasteiger partial charge in [-0.25, -0.2) is 8.78 Å². The molecular weight excluding hydrogens is 326 g/mol. The standard InChI is InChI=1S/C19H20F2N2O2/c20-14-6-4-13(5-7-14)19(8-10-25-11-9-19)12-23-16-3-1-2-15(21)17(16)18(22)24/h1-7,23H,8-12H2,(H2,22,24). The van der Waals surface area contributed by atoms with E-state index in [1.807, 2.05) is 0 Å². The molecule has 1 fully saturated rings.